The predicted octanol–water partition coefficient (Wildman–Crippen LogP) is 2.10. The van der Waals surface area contributed by atoms with Crippen LogP contribution in [-0.4, -0.2) is 18.1 Å². The molecule has 0 saturated carbocycles. The van der Waals surface area contributed by atoms with Crippen LogP contribution >= 0.6 is 11.3 Å². The minimum atomic E-state index is -0.852. The van der Waals surface area contributed by atoms with Crippen LogP contribution in [0.4, 0.5) is 0 Å². The highest BCUT2D eigenvalue weighted by Gasteiger charge is 2.60. The van der Waals surface area contributed by atoms with Crippen molar-refractivity contribution in [2.45, 2.75) is 11.5 Å². The molecule has 1 aliphatic carbocycles. The number of rotatable bonds is 1. The molecule has 2 aromatic rings. The van der Waals surface area contributed by atoms with E-state index < -0.39 is 5.54 Å². The number of hydrogen-bond acceptors (Lipinski definition) is 4. The molecule has 4 rings (SSSR count). The average molecular weight is 269 g/mol. The van der Waals surface area contributed by atoms with Crippen LogP contribution in [0.1, 0.15) is 26.7 Å². The summed E-state index contributed by atoms with van der Waals surface area (Å²) < 4.78 is 0. The zero-order valence-electron chi connectivity index (χ0n) is 10.1. The van der Waals surface area contributed by atoms with Gasteiger partial charge in [-0.15, -0.1) is 11.3 Å². The summed E-state index contributed by atoms with van der Waals surface area (Å²) in [4.78, 5) is 26.0. The Kier molecular flexibility index (Phi) is 2.11. The molecule has 0 bridgehead atoms. The largest absolute Gasteiger partial charge is 0.297 e. The van der Waals surface area contributed by atoms with Crippen LogP contribution in [0.25, 0.3) is 0 Å². The first-order valence-electron chi connectivity index (χ1n) is 6.20. The number of Topliss-reactive ketones (excluding diaryl/α,β-unsaturated/α-hetero) is 2. The third-order valence-corrected chi connectivity index (χ3v) is 5.09. The van der Waals surface area contributed by atoms with E-state index in [1.807, 2.05) is 41.8 Å². The van der Waals surface area contributed by atoms with Gasteiger partial charge in [-0.05, 0) is 17.0 Å². The molecule has 0 unspecified atom stereocenters. The number of carbonyl (C=O) groups is 2. The van der Waals surface area contributed by atoms with Gasteiger partial charge in [-0.25, -0.2) is 0 Å². The Bertz CT molecular complexity index is 692. The van der Waals surface area contributed by atoms with Crippen molar-refractivity contribution in [3.8, 4) is 0 Å². The second kappa shape index (κ2) is 3.62. The minimum Gasteiger partial charge on any atom is -0.297 e. The molecule has 4 heteroatoms. The lowest BCUT2D eigenvalue weighted by molar-refractivity contribution is -0.117. The summed E-state index contributed by atoms with van der Waals surface area (Å²) in [6, 6.07) is 11.3. The number of carbonyl (C=O) groups excluding carboxylic acids is 2. The Balaban J connectivity index is 2.02. The molecule has 1 fully saturated rings. The van der Waals surface area contributed by atoms with Crippen molar-refractivity contribution in [1.29, 1.82) is 0 Å². The number of nitrogens with one attached hydrogen (secondary N) is 1. The monoisotopic (exact) mass is 269 g/mol. The Morgan fingerprint density at radius 3 is 2.79 bits per heavy atom. The van der Waals surface area contributed by atoms with E-state index in [2.05, 4.69) is 5.32 Å². The van der Waals surface area contributed by atoms with E-state index in [1.54, 1.807) is 0 Å². The van der Waals surface area contributed by atoms with Gasteiger partial charge in [0.2, 0.25) is 0 Å². The maximum absolute atomic E-state index is 12.8. The maximum Gasteiger partial charge on any atom is 0.189 e. The predicted molar refractivity (Wildman–Crippen MR) is 72.5 cm³/mol. The topological polar surface area (TPSA) is 46.2 Å². The Morgan fingerprint density at radius 1 is 1.16 bits per heavy atom. The fourth-order valence-electron chi connectivity index (χ4n) is 3.30. The number of fused-ring (bicyclic) bond motifs is 3. The summed E-state index contributed by atoms with van der Waals surface area (Å²) in [6.07, 6.45) is 0. The molecule has 2 aliphatic rings. The molecule has 0 spiro atoms. The van der Waals surface area contributed by atoms with E-state index in [1.165, 1.54) is 11.3 Å². The average Bonchev–Trinajstić information content (AvgIpc) is 3.10. The lowest BCUT2D eigenvalue weighted by Crippen LogP contribution is -2.43. The van der Waals surface area contributed by atoms with E-state index in [0.29, 0.717) is 5.56 Å². The van der Waals surface area contributed by atoms with Crippen molar-refractivity contribution in [2.24, 2.45) is 0 Å². The molecular weight excluding hydrogens is 258 g/mol. The fraction of sp³-hybridized carbons (Fsp3) is 0.200. The summed E-state index contributed by atoms with van der Waals surface area (Å²) in [7, 11) is 0. The van der Waals surface area contributed by atoms with Crippen LogP contribution in [0.3, 0.4) is 0 Å². The lowest BCUT2D eigenvalue weighted by Gasteiger charge is -2.25. The van der Waals surface area contributed by atoms with Gasteiger partial charge in [-0.1, -0.05) is 30.3 Å². The zero-order chi connectivity index (χ0) is 13.0. The van der Waals surface area contributed by atoms with E-state index in [9.17, 15) is 9.59 Å². The van der Waals surface area contributed by atoms with Crippen LogP contribution in [0.5, 0.6) is 0 Å². The molecule has 94 valence electrons. The summed E-state index contributed by atoms with van der Waals surface area (Å²) >= 11 is 1.53. The Hall–Kier alpha value is -1.78. The highest BCUT2D eigenvalue weighted by atomic mass is 32.1. The van der Waals surface area contributed by atoms with E-state index >= 15 is 0 Å². The van der Waals surface area contributed by atoms with Crippen LogP contribution in [0.2, 0.25) is 0 Å². The highest BCUT2D eigenvalue weighted by molar-refractivity contribution is 7.10. The van der Waals surface area contributed by atoms with Crippen LogP contribution in [-0.2, 0) is 10.3 Å². The molecule has 1 saturated heterocycles. The van der Waals surface area contributed by atoms with Crippen LogP contribution in [0, 0.1) is 0 Å². The van der Waals surface area contributed by atoms with Gasteiger partial charge in [0.15, 0.2) is 11.6 Å². The highest BCUT2D eigenvalue weighted by Crippen LogP contribution is 2.51. The smallest absolute Gasteiger partial charge is 0.189 e. The lowest BCUT2D eigenvalue weighted by atomic mass is 9.84. The fourth-order valence-corrected chi connectivity index (χ4v) is 4.23. The van der Waals surface area contributed by atoms with Crippen molar-refractivity contribution in [1.82, 2.24) is 5.32 Å². The van der Waals surface area contributed by atoms with Gasteiger partial charge in [0.05, 0.1) is 12.5 Å². The third kappa shape index (κ3) is 1.20. The molecule has 1 aromatic heterocycles. The Labute approximate surface area is 114 Å². The van der Waals surface area contributed by atoms with Crippen molar-refractivity contribution in [3.63, 3.8) is 0 Å². The first-order chi connectivity index (χ1) is 9.25. The van der Waals surface area contributed by atoms with Crippen molar-refractivity contribution in [2.75, 3.05) is 6.54 Å². The summed E-state index contributed by atoms with van der Waals surface area (Å²) in [5.41, 5.74) is 0.701. The van der Waals surface area contributed by atoms with E-state index in [0.717, 1.165) is 10.4 Å². The summed E-state index contributed by atoms with van der Waals surface area (Å²) in [5, 5.41) is 5.14. The second-order valence-corrected chi connectivity index (χ2v) is 5.90. The first-order valence-corrected chi connectivity index (χ1v) is 7.08. The molecular formula is C15H11NO2S. The van der Waals surface area contributed by atoms with Gasteiger partial charge in [-0.2, -0.15) is 0 Å². The van der Waals surface area contributed by atoms with Crippen molar-refractivity contribution >= 4 is 22.9 Å². The molecule has 0 radical (unpaired) electrons. The van der Waals surface area contributed by atoms with Gasteiger partial charge < -0.3 is 0 Å². The molecule has 1 aliphatic heterocycles. The van der Waals surface area contributed by atoms with Gasteiger partial charge in [0, 0.05) is 10.4 Å². The van der Waals surface area contributed by atoms with Crippen LogP contribution in [0.15, 0.2) is 41.8 Å². The molecule has 1 N–H and O–H groups in total. The molecule has 19 heavy (non-hydrogen) atoms. The maximum atomic E-state index is 12.8. The quantitative estimate of drug-likeness (QED) is 0.862. The minimum absolute atomic E-state index is 0.0291. The van der Waals surface area contributed by atoms with Crippen LogP contribution < -0.4 is 5.32 Å². The van der Waals surface area contributed by atoms with Gasteiger partial charge in [0.25, 0.3) is 0 Å². The first kappa shape index (κ1) is 11.1. The number of benzene rings is 1. The zero-order valence-corrected chi connectivity index (χ0v) is 10.9. The SMILES string of the molecule is O=C1CN[C@@]2(c3cccs3)C(=O)c3ccccc3[C@@H]12. The molecule has 2 atom stereocenters. The normalized spacial score (nSPS) is 28.5. The summed E-state index contributed by atoms with van der Waals surface area (Å²) in [5.74, 6) is -0.233. The summed E-state index contributed by atoms with van der Waals surface area (Å²) in [6.45, 7) is 0.267. The standard InChI is InChI=1S/C15H11NO2S/c17-11-8-16-15(12-6-3-7-19-12)13(11)9-4-1-2-5-10(9)14(15)18/h1-7,13,16H,8H2/t13-,15+/m0/s1. The van der Waals surface area contributed by atoms with Gasteiger partial charge in [-0.3, -0.25) is 14.9 Å². The molecule has 0 amide bonds. The number of hydrogen-bond donors (Lipinski definition) is 1. The molecule has 2 heterocycles. The number of thiophene rings is 1. The Morgan fingerprint density at radius 2 is 2.00 bits per heavy atom. The number of ketones is 2. The second-order valence-electron chi connectivity index (χ2n) is 4.95. The van der Waals surface area contributed by atoms with Crippen molar-refractivity contribution in [3.05, 3.63) is 57.8 Å². The van der Waals surface area contributed by atoms with Crippen molar-refractivity contribution < 1.29 is 9.59 Å². The molecule has 1 aromatic carbocycles. The molecule has 3 nitrogen and oxygen atoms in total. The van der Waals surface area contributed by atoms with E-state index in [4.69, 9.17) is 0 Å². The van der Waals surface area contributed by atoms with E-state index in [-0.39, 0.29) is 24.0 Å². The third-order valence-electron chi connectivity index (χ3n) is 4.08. The van der Waals surface area contributed by atoms with Gasteiger partial charge >= 0.3 is 0 Å². The van der Waals surface area contributed by atoms with Gasteiger partial charge in [0.1, 0.15) is 5.54 Å².